The van der Waals surface area contributed by atoms with Crippen LogP contribution in [0.4, 0.5) is 24.7 Å². The first kappa shape index (κ1) is 21.2. The molecule has 2 heterocycles. The van der Waals surface area contributed by atoms with Crippen LogP contribution in [0.25, 0.3) is 0 Å². The summed E-state index contributed by atoms with van der Waals surface area (Å²) in [4.78, 5) is 16.5. The van der Waals surface area contributed by atoms with Crippen molar-refractivity contribution in [3.8, 4) is 5.75 Å². The first-order valence-corrected chi connectivity index (χ1v) is 10.1. The van der Waals surface area contributed by atoms with Crippen molar-refractivity contribution in [2.24, 2.45) is 0 Å². The van der Waals surface area contributed by atoms with E-state index >= 15 is 0 Å². The number of sulfonamides is 1. The van der Waals surface area contributed by atoms with Gasteiger partial charge in [-0.25, -0.2) is 13.4 Å². The van der Waals surface area contributed by atoms with Crippen LogP contribution < -0.4 is 14.4 Å². The maximum absolute atomic E-state index is 12.7. The average Bonchev–Trinajstić information content (AvgIpc) is 2.61. The second-order valence-corrected chi connectivity index (χ2v) is 8.43. The zero-order valence-corrected chi connectivity index (χ0v) is 16.7. The number of hydrogen-bond donors (Lipinski definition) is 1. The lowest BCUT2D eigenvalue weighted by Crippen LogP contribution is -2.41. The van der Waals surface area contributed by atoms with Gasteiger partial charge in [0.1, 0.15) is 11.9 Å². The number of benzene rings is 1. The van der Waals surface area contributed by atoms with Gasteiger partial charge >= 0.3 is 6.18 Å². The van der Waals surface area contributed by atoms with Gasteiger partial charge in [0.2, 0.25) is 5.91 Å². The minimum Gasteiger partial charge on any atom is -0.487 e. The van der Waals surface area contributed by atoms with Crippen molar-refractivity contribution < 1.29 is 31.1 Å². The van der Waals surface area contributed by atoms with Crippen molar-refractivity contribution in [3.05, 3.63) is 41.0 Å². The highest BCUT2D eigenvalue weighted by atomic mass is 35.5. The van der Waals surface area contributed by atoms with Crippen molar-refractivity contribution in [2.75, 3.05) is 16.2 Å². The van der Waals surface area contributed by atoms with Crippen molar-refractivity contribution in [1.82, 2.24) is 4.98 Å². The molecule has 1 unspecified atom stereocenters. The van der Waals surface area contributed by atoms with Crippen LogP contribution in [0.3, 0.4) is 0 Å². The van der Waals surface area contributed by atoms with E-state index in [-0.39, 0.29) is 29.1 Å². The predicted molar refractivity (Wildman–Crippen MR) is 99.6 cm³/mol. The Morgan fingerprint density at radius 2 is 2.03 bits per heavy atom. The van der Waals surface area contributed by atoms with Crippen molar-refractivity contribution in [2.45, 2.75) is 31.0 Å². The molecular formula is C17H15ClF3N3O4S. The molecular weight excluding hydrogens is 435 g/mol. The lowest BCUT2D eigenvalue weighted by Gasteiger charge is -2.33. The highest BCUT2D eigenvalue weighted by Crippen LogP contribution is 2.37. The van der Waals surface area contributed by atoms with Crippen LogP contribution in [-0.4, -0.2) is 32.0 Å². The summed E-state index contributed by atoms with van der Waals surface area (Å²) in [7, 11) is -4.25. The van der Waals surface area contributed by atoms with Crippen LogP contribution in [0.15, 0.2) is 35.4 Å². The minimum atomic E-state index is -4.67. The SMILES string of the molecule is CC(=O)N1CC(C)Oc2ccc(S(=O)(=O)Nc3ncc(C(F)(F)F)cc3Cl)cc21. The van der Waals surface area contributed by atoms with Crippen LogP contribution in [0.5, 0.6) is 5.75 Å². The van der Waals surface area contributed by atoms with Crippen LogP contribution in [0.1, 0.15) is 19.4 Å². The molecule has 1 amide bonds. The number of nitrogens with zero attached hydrogens (tertiary/aromatic N) is 2. The molecule has 1 N–H and O–H groups in total. The van der Waals surface area contributed by atoms with E-state index < -0.39 is 32.6 Å². The third-order valence-corrected chi connectivity index (χ3v) is 5.70. The van der Waals surface area contributed by atoms with Gasteiger partial charge in [-0.05, 0) is 31.2 Å². The van der Waals surface area contributed by atoms with E-state index in [1.165, 1.54) is 30.0 Å². The molecule has 1 aromatic heterocycles. The summed E-state index contributed by atoms with van der Waals surface area (Å²) in [5.74, 6) is -0.411. The van der Waals surface area contributed by atoms with E-state index in [2.05, 4.69) is 9.71 Å². The third kappa shape index (κ3) is 4.40. The first-order valence-electron chi connectivity index (χ1n) is 8.23. The lowest BCUT2D eigenvalue weighted by molar-refractivity contribution is -0.137. The fourth-order valence-corrected chi connectivity index (χ4v) is 4.06. The van der Waals surface area contributed by atoms with Gasteiger partial charge in [0.15, 0.2) is 5.82 Å². The number of halogens is 4. The molecule has 0 fully saturated rings. The van der Waals surface area contributed by atoms with Gasteiger partial charge in [-0.15, -0.1) is 0 Å². The Morgan fingerprint density at radius 1 is 1.34 bits per heavy atom. The van der Waals surface area contributed by atoms with Crippen molar-refractivity contribution >= 4 is 39.0 Å². The largest absolute Gasteiger partial charge is 0.487 e. The van der Waals surface area contributed by atoms with E-state index in [0.717, 1.165) is 0 Å². The molecule has 12 heteroatoms. The molecule has 156 valence electrons. The number of amides is 1. The number of aromatic nitrogens is 1. The number of hydrogen-bond acceptors (Lipinski definition) is 5. The van der Waals surface area contributed by atoms with Gasteiger partial charge in [0.05, 0.1) is 27.7 Å². The van der Waals surface area contributed by atoms with E-state index in [4.69, 9.17) is 16.3 Å². The molecule has 2 aromatic rings. The number of rotatable bonds is 3. The molecule has 0 saturated heterocycles. The smallest absolute Gasteiger partial charge is 0.417 e. The second kappa shape index (κ2) is 7.38. The average molecular weight is 450 g/mol. The van der Waals surface area contributed by atoms with Crippen LogP contribution in [0.2, 0.25) is 5.02 Å². The van der Waals surface area contributed by atoms with Crippen molar-refractivity contribution in [3.63, 3.8) is 0 Å². The maximum Gasteiger partial charge on any atom is 0.417 e. The fraction of sp³-hybridized carbons (Fsp3) is 0.294. The predicted octanol–water partition coefficient (Wildman–Crippen LogP) is 3.69. The second-order valence-electron chi connectivity index (χ2n) is 6.35. The minimum absolute atomic E-state index is 0.238. The molecule has 1 aliphatic heterocycles. The van der Waals surface area contributed by atoms with Gasteiger partial charge in [-0.3, -0.25) is 9.52 Å². The summed E-state index contributed by atoms with van der Waals surface area (Å²) in [6.45, 7) is 3.35. The fourth-order valence-electron chi connectivity index (χ4n) is 2.74. The molecule has 1 aliphatic rings. The normalized spacial score (nSPS) is 16.8. The van der Waals surface area contributed by atoms with Crippen LogP contribution in [0, 0.1) is 0 Å². The number of fused-ring (bicyclic) bond motifs is 1. The Morgan fingerprint density at radius 3 is 2.62 bits per heavy atom. The topological polar surface area (TPSA) is 88.6 Å². The Hall–Kier alpha value is -2.53. The van der Waals surface area contributed by atoms with E-state index in [1.54, 1.807) is 6.92 Å². The highest BCUT2D eigenvalue weighted by Gasteiger charge is 2.32. The monoisotopic (exact) mass is 449 g/mol. The zero-order valence-electron chi connectivity index (χ0n) is 15.1. The number of nitrogens with one attached hydrogen (secondary N) is 1. The number of carbonyl (C=O) groups excluding carboxylic acids is 1. The number of alkyl halides is 3. The molecule has 0 bridgehead atoms. The molecule has 0 saturated carbocycles. The summed E-state index contributed by atoms with van der Waals surface area (Å²) in [6.07, 6.45) is -4.47. The van der Waals surface area contributed by atoms with E-state index in [9.17, 15) is 26.4 Å². The van der Waals surface area contributed by atoms with Gasteiger partial charge in [0, 0.05) is 13.1 Å². The number of anilines is 2. The Kier molecular flexibility index (Phi) is 5.39. The molecule has 1 atom stereocenters. The molecule has 1 aromatic carbocycles. The molecule has 0 spiro atoms. The lowest BCUT2D eigenvalue weighted by atomic mass is 10.2. The van der Waals surface area contributed by atoms with Gasteiger partial charge < -0.3 is 9.64 Å². The highest BCUT2D eigenvalue weighted by molar-refractivity contribution is 7.92. The third-order valence-electron chi connectivity index (χ3n) is 4.08. The zero-order chi connectivity index (χ0) is 21.6. The number of carbonyl (C=O) groups is 1. The standard InChI is InChI=1S/C17H15ClF3N3O4S/c1-9-8-24(10(2)25)14-6-12(3-4-15(14)28-9)29(26,27)23-16-13(18)5-11(7-22-16)17(19,20)21/h3-7,9H,8H2,1-2H3,(H,22,23). The molecule has 29 heavy (non-hydrogen) atoms. The first-order chi connectivity index (χ1) is 13.4. The van der Waals surface area contributed by atoms with E-state index in [0.29, 0.717) is 18.0 Å². The Labute approximate surface area is 169 Å². The Bertz CT molecular complexity index is 1080. The summed E-state index contributed by atoms with van der Waals surface area (Å²) in [5.41, 5.74) is -0.840. The molecule has 0 radical (unpaired) electrons. The van der Waals surface area contributed by atoms with Gasteiger partial charge in [-0.1, -0.05) is 11.6 Å². The quantitative estimate of drug-likeness (QED) is 0.772. The van der Waals surface area contributed by atoms with Gasteiger partial charge in [0.25, 0.3) is 10.0 Å². The summed E-state index contributed by atoms with van der Waals surface area (Å²) >= 11 is 5.76. The molecule has 0 aliphatic carbocycles. The number of pyridine rings is 1. The van der Waals surface area contributed by atoms with Crippen molar-refractivity contribution in [1.29, 1.82) is 0 Å². The molecule has 7 nitrogen and oxygen atoms in total. The summed E-state index contributed by atoms with van der Waals surface area (Å²) in [6, 6.07) is 4.46. The van der Waals surface area contributed by atoms with Crippen LogP contribution >= 0.6 is 11.6 Å². The summed E-state index contributed by atoms with van der Waals surface area (Å²) < 4.78 is 71.2. The maximum atomic E-state index is 12.7. The molecule has 3 rings (SSSR count). The van der Waals surface area contributed by atoms with E-state index in [1.807, 2.05) is 0 Å². The van der Waals surface area contributed by atoms with Crippen LogP contribution in [-0.2, 0) is 21.0 Å². The Balaban J connectivity index is 1.95. The number of ether oxygens (including phenoxy) is 1. The van der Waals surface area contributed by atoms with Gasteiger partial charge in [-0.2, -0.15) is 13.2 Å². The summed E-state index contributed by atoms with van der Waals surface area (Å²) in [5, 5.41) is -0.510.